The summed E-state index contributed by atoms with van der Waals surface area (Å²) in [7, 11) is 0. The Balaban J connectivity index is 2.23. The summed E-state index contributed by atoms with van der Waals surface area (Å²) >= 11 is 0. The first-order valence-electron chi connectivity index (χ1n) is 9.11. The second-order valence-corrected chi connectivity index (χ2v) is 7.07. The van der Waals surface area contributed by atoms with E-state index >= 15 is 0 Å². The van der Waals surface area contributed by atoms with E-state index in [4.69, 9.17) is 0 Å². The monoisotopic (exact) mass is 330 g/mol. The molecule has 132 valence electrons. The Morgan fingerprint density at radius 2 is 1.88 bits per heavy atom. The van der Waals surface area contributed by atoms with Gasteiger partial charge in [0.25, 0.3) is 0 Å². The summed E-state index contributed by atoms with van der Waals surface area (Å²) in [5.41, 5.74) is 3.22. The summed E-state index contributed by atoms with van der Waals surface area (Å²) in [6.45, 7) is 10.7. The van der Waals surface area contributed by atoms with Gasteiger partial charge in [-0.3, -0.25) is 9.59 Å². The SMILES string of the molecule is CCC(C)C(=O)Nc1cccc2c1CC(C)N(C(=O)C(C)CC)C2. The molecule has 24 heavy (non-hydrogen) atoms. The van der Waals surface area contributed by atoms with Crippen molar-refractivity contribution in [1.82, 2.24) is 4.90 Å². The van der Waals surface area contributed by atoms with E-state index in [2.05, 4.69) is 18.3 Å². The molecule has 1 N–H and O–H groups in total. The third kappa shape index (κ3) is 3.80. The van der Waals surface area contributed by atoms with E-state index in [1.165, 1.54) is 5.56 Å². The minimum atomic E-state index is 0.00495. The Morgan fingerprint density at radius 3 is 2.50 bits per heavy atom. The fourth-order valence-electron chi connectivity index (χ4n) is 3.08. The minimum absolute atomic E-state index is 0.00495. The van der Waals surface area contributed by atoms with Crippen LogP contribution >= 0.6 is 0 Å². The first-order valence-corrected chi connectivity index (χ1v) is 9.11. The number of carbonyl (C=O) groups is 2. The molecule has 4 nitrogen and oxygen atoms in total. The van der Waals surface area contributed by atoms with Crippen molar-refractivity contribution in [2.24, 2.45) is 11.8 Å². The molecule has 1 aromatic carbocycles. The van der Waals surface area contributed by atoms with Crippen molar-refractivity contribution in [2.75, 3.05) is 5.32 Å². The van der Waals surface area contributed by atoms with Gasteiger partial charge in [0, 0.05) is 30.1 Å². The Morgan fingerprint density at radius 1 is 1.21 bits per heavy atom. The van der Waals surface area contributed by atoms with Gasteiger partial charge in [-0.1, -0.05) is 39.8 Å². The van der Waals surface area contributed by atoms with E-state index in [1.807, 2.05) is 44.7 Å². The molecule has 1 heterocycles. The number of anilines is 1. The van der Waals surface area contributed by atoms with Crippen molar-refractivity contribution in [3.8, 4) is 0 Å². The molecule has 2 rings (SSSR count). The molecule has 0 aromatic heterocycles. The lowest BCUT2D eigenvalue weighted by Crippen LogP contribution is -2.45. The third-order valence-corrected chi connectivity index (χ3v) is 5.28. The van der Waals surface area contributed by atoms with Gasteiger partial charge in [-0.15, -0.1) is 0 Å². The molecule has 3 atom stereocenters. The first kappa shape index (κ1) is 18.5. The Hall–Kier alpha value is -1.84. The number of nitrogens with zero attached hydrogens (tertiary/aromatic N) is 1. The Bertz CT molecular complexity index is 612. The molecule has 2 amide bonds. The van der Waals surface area contributed by atoms with Gasteiger partial charge in [-0.25, -0.2) is 0 Å². The maximum Gasteiger partial charge on any atom is 0.227 e. The van der Waals surface area contributed by atoms with E-state index < -0.39 is 0 Å². The highest BCUT2D eigenvalue weighted by molar-refractivity contribution is 5.93. The van der Waals surface area contributed by atoms with Crippen molar-refractivity contribution in [3.05, 3.63) is 29.3 Å². The maximum absolute atomic E-state index is 12.6. The highest BCUT2D eigenvalue weighted by Crippen LogP contribution is 2.30. The summed E-state index contributed by atoms with van der Waals surface area (Å²) in [5.74, 6) is 0.356. The lowest BCUT2D eigenvalue weighted by Gasteiger charge is -2.37. The summed E-state index contributed by atoms with van der Waals surface area (Å²) in [5, 5.41) is 3.08. The fraction of sp³-hybridized carbons (Fsp3) is 0.600. The van der Waals surface area contributed by atoms with Crippen molar-refractivity contribution in [1.29, 1.82) is 0 Å². The van der Waals surface area contributed by atoms with Crippen LogP contribution in [0.15, 0.2) is 18.2 Å². The minimum Gasteiger partial charge on any atom is -0.335 e. The van der Waals surface area contributed by atoms with Gasteiger partial charge in [-0.2, -0.15) is 0 Å². The van der Waals surface area contributed by atoms with Crippen LogP contribution in [0.5, 0.6) is 0 Å². The van der Waals surface area contributed by atoms with Crippen LogP contribution in [0, 0.1) is 11.8 Å². The van der Waals surface area contributed by atoms with Crippen LogP contribution in [0.25, 0.3) is 0 Å². The largest absolute Gasteiger partial charge is 0.335 e. The number of rotatable bonds is 5. The highest BCUT2D eigenvalue weighted by atomic mass is 16.2. The van der Waals surface area contributed by atoms with E-state index in [-0.39, 0.29) is 29.7 Å². The van der Waals surface area contributed by atoms with Gasteiger partial charge in [0.1, 0.15) is 0 Å². The van der Waals surface area contributed by atoms with Gasteiger partial charge in [0.15, 0.2) is 0 Å². The fourth-order valence-corrected chi connectivity index (χ4v) is 3.08. The average Bonchev–Trinajstić information content (AvgIpc) is 2.59. The summed E-state index contributed by atoms with van der Waals surface area (Å²) in [6, 6.07) is 6.16. The van der Waals surface area contributed by atoms with E-state index in [9.17, 15) is 9.59 Å². The van der Waals surface area contributed by atoms with Crippen LogP contribution in [-0.4, -0.2) is 22.8 Å². The van der Waals surface area contributed by atoms with Crippen LogP contribution in [0.1, 0.15) is 58.6 Å². The molecule has 1 aliphatic heterocycles. The number of benzene rings is 1. The second-order valence-electron chi connectivity index (χ2n) is 7.07. The maximum atomic E-state index is 12.6. The van der Waals surface area contributed by atoms with Gasteiger partial charge < -0.3 is 10.2 Å². The molecule has 1 aliphatic rings. The van der Waals surface area contributed by atoms with Crippen LogP contribution in [0.2, 0.25) is 0 Å². The molecule has 1 aromatic rings. The lowest BCUT2D eigenvalue weighted by molar-refractivity contribution is -0.138. The highest BCUT2D eigenvalue weighted by Gasteiger charge is 2.30. The Kier molecular flexibility index (Phi) is 6.03. The zero-order chi connectivity index (χ0) is 17.9. The standard InChI is InChI=1S/C20H30N2O2/c1-6-13(3)19(23)21-18-10-8-9-16-12-22(15(5)11-17(16)18)20(24)14(4)7-2/h8-10,13-15H,6-7,11-12H2,1-5H3,(H,21,23). The van der Waals surface area contributed by atoms with Crippen molar-refractivity contribution >= 4 is 17.5 Å². The predicted octanol–water partition coefficient (Wildman–Crippen LogP) is 3.99. The summed E-state index contributed by atoms with van der Waals surface area (Å²) in [4.78, 5) is 26.8. The number of hydrogen-bond donors (Lipinski definition) is 1. The van der Waals surface area contributed by atoms with Gasteiger partial charge in [-0.05, 0) is 43.4 Å². The second kappa shape index (κ2) is 7.82. The number of fused-ring (bicyclic) bond motifs is 1. The zero-order valence-corrected chi connectivity index (χ0v) is 15.6. The molecule has 0 aliphatic carbocycles. The molecular formula is C20H30N2O2. The van der Waals surface area contributed by atoms with Crippen molar-refractivity contribution in [3.63, 3.8) is 0 Å². The quantitative estimate of drug-likeness (QED) is 0.887. The molecule has 0 spiro atoms. The molecule has 3 unspecified atom stereocenters. The van der Waals surface area contributed by atoms with Crippen LogP contribution in [0.3, 0.4) is 0 Å². The summed E-state index contributed by atoms with van der Waals surface area (Å²) in [6.07, 6.45) is 2.48. The first-order chi connectivity index (χ1) is 11.4. The van der Waals surface area contributed by atoms with Gasteiger partial charge in [0.05, 0.1) is 0 Å². The van der Waals surface area contributed by atoms with E-state index in [0.29, 0.717) is 6.54 Å². The third-order valence-electron chi connectivity index (χ3n) is 5.28. The molecule has 4 heteroatoms. The van der Waals surface area contributed by atoms with E-state index in [1.54, 1.807) is 0 Å². The Labute approximate surface area is 145 Å². The number of carbonyl (C=O) groups excluding carboxylic acids is 2. The number of hydrogen-bond acceptors (Lipinski definition) is 2. The zero-order valence-electron chi connectivity index (χ0n) is 15.6. The molecule has 0 saturated carbocycles. The number of amides is 2. The summed E-state index contributed by atoms with van der Waals surface area (Å²) < 4.78 is 0. The molecular weight excluding hydrogens is 300 g/mol. The molecule has 0 fully saturated rings. The number of nitrogens with one attached hydrogen (secondary N) is 1. The van der Waals surface area contributed by atoms with Crippen LogP contribution in [0.4, 0.5) is 5.69 Å². The van der Waals surface area contributed by atoms with Gasteiger partial charge in [0.2, 0.25) is 11.8 Å². The lowest BCUT2D eigenvalue weighted by atomic mass is 9.91. The molecule has 0 saturated heterocycles. The van der Waals surface area contributed by atoms with E-state index in [0.717, 1.165) is 30.5 Å². The predicted molar refractivity (Wildman–Crippen MR) is 97.7 cm³/mol. The van der Waals surface area contributed by atoms with Crippen molar-refractivity contribution < 1.29 is 9.59 Å². The normalized spacial score (nSPS) is 19.4. The van der Waals surface area contributed by atoms with Crippen LogP contribution < -0.4 is 5.32 Å². The molecule has 0 bridgehead atoms. The topological polar surface area (TPSA) is 49.4 Å². The van der Waals surface area contributed by atoms with Gasteiger partial charge >= 0.3 is 0 Å². The van der Waals surface area contributed by atoms with Crippen molar-refractivity contribution in [2.45, 2.75) is 66.5 Å². The smallest absolute Gasteiger partial charge is 0.227 e. The average molecular weight is 330 g/mol. The van der Waals surface area contributed by atoms with Crippen LogP contribution in [-0.2, 0) is 22.6 Å². The molecule has 0 radical (unpaired) electrons.